The molecule has 136 valence electrons. The molecule has 0 N–H and O–H groups in total. The Bertz CT molecular complexity index is 964. The van der Waals surface area contributed by atoms with Gasteiger partial charge in [-0.05, 0) is 26.2 Å². The zero-order valence-corrected chi connectivity index (χ0v) is 15.5. The van der Waals surface area contributed by atoms with Crippen LogP contribution >= 0.6 is 0 Å². The highest BCUT2D eigenvalue weighted by molar-refractivity contribution is 5.75. The average Bonchev–Trinajstić information content (AvgIpc) is 3.02. The van der Waals surface area contributed by atoms with Crippen LogP contribution in [0.25, 0.3) is 16.0 Å². The molecule has 0 saturated carbocycles. The number of fused-ring (bicyclic) bond motifs is 1. The number of aromatic nitrogens is 4. The Morgan fingerprint density at radius 3 is 2.65 bits per heavy atom. The Hall–Kier alpha value is -3.00. The maximum Gasteiger partial charge on any atom is 0.291 e. The zero-order chi connectivity index (χ0) is 18.7. The molecular formula is C18H23N7O. The van der Waals surface area contributed by atoms with Gasteiger partial charge < -0.3 is 4.90 Å². The molecule has 2 aromatic heterocycles. The summed E-state index contributed by atoms with van der Waals surface area (Å²) < 4.78 is 3.36. The summed E-state index contributed by atoms with van der Waals surface area (Å²) >= 11 is 0. The minimum Gasteiger partial charge on any atom is -0.342 e. The van der Waals surface area contributed by atoms with Gasteiger partial charge in [-0.3, -0.25) is 23.7 Å². The highest BCUT2D eigenvalue weighted by Gasteiger charge is 2.23. The standard InChI is InChI=1S/C18H23N7O/c1-5-6-12-25-14-15(21-18(25)24-10-8-7-9-11-24)20-17(22(3)13-19-2)23(4)16(14)26/h7-13H2,1,3-4H3. The van der Waals surface area contributed by atoms with E-state index in [4.69, 9.17) is 6.57 Å². The van der Waals surface area contributed by atoms with E-state index in [1.54, 1.807) is 25.9 Å². The first-order valence-corrected chi connectivity index (χ1v) is 8.74. The van der Waals surface area contributed by atoms with E-state index < -0.39 is 0 Å². The minimum atomic E-state index is -0.171. The van der Waals surface area contributed by atoms with Crippen molar-refractivity contribution in [3.05, 3.63) is 21.8 Å². The molecule has 26 heavy (non-hydrogen) atoms. The monoisotopic (exact) mass is 353 g/mol. The molecule has 0 aliphatic carbocycles. The van der Waals surface area contributed by atoms with Crippen LogP contribution in [0.4, 0.5) is 11.9 Å². The summed E-state index contributed by atoms with van der Waals surface area (Å²) in [5, 5.41) is 0. The average molecular weight is 353 g/mol. The molecule has 8 heteroatoms. The quantitative estimate of drug-likeness (QED) is 0.615. The van der Waals surface area contributed by atoms with Gasteiger partial charge in [-0.25, -0.2) is 6.57 Å². The molecule has 8 nitrogen and oxygen atoms in total. The molecule has 1 fully saturated rings. The molecule has 1 saturated heterocycles. The Morgan fingerprint density at radius 2 is 2.00 bits per heavy atom. The summed E-state index contributed by atoms with van der Waals surface area (Å²) in [4.78, 5) is 29.5. The van der Waals surface area contributed by atoms with Crippen LogP contribution in [0, 0.1) is 18.4 Å². The van der Waals surface area contributed by atoms with E-state index in [2.05, 4.69) is 31.6 Å². The van der Waals surface area contributed by atoms with Gasteiger partial charge in [-0.15, -0.1) is 5.92 Å². The summed E-state index contributed by atoms with van der Waals surface area (Å²) in [7, 11) is 3.42. The molecule has 1 aliphatic rings. The maximum absolute atomic E-state index is 13.0. The number of imidazole rings is 1. The van der Waals surface area contributed by atoms with Crippen molar-refractivity contribution in [2.24, 2.45) is 7.05 Å². The van der Waals surface area contributed by atoms with E-state index in [0.717, 1.165) is 31.9 Å². The van der Waals surface area contributed by atoms with Crippen LogP contribution in [0.3, 0.4) is 0 Å². The number of nitrogens with zero attached hydrogens (tertiary/aromatic N) is 7. The van der Waals surface area contributed by atoms with Crippen LogP contribution in [0.2, 0.25) is 0 Å². The predicted octanol–water partition coefficient (Wildman–Crippen LogP) is 1.46. The Balaban J connectivity index is 2.21. The summed E-state index contributed by atoms with van der Waals surface area (Å²) in [6.07, 6.45) is 3.46. The topological polar surface area (TPSA) is 63.6 Å². The second-order valence-corrected chi connectivity index (χ2v) is 6.42. The SMILES string of the molecule is [C-]#[N+]CN(C)c1nc2nc(N3CCCCC3)n(CC#CC)c2c(=O)n1C. The lowest BCUT2D eigenvalue weighted by Crippen LogP contribution is -2.32. The van der Waals surface area contributed by atoms with Gasteiger partial charge in [0.25, 0.3) is 12.2 Å². The molecular weight excluding hydrogens is 330 g/mol. The van der Waals surface area contributed by atoms with Gasteiger partial charge >= 0.3 is 0 Å². The van der Waals surface area contributed by atoms with E-state index in [-0.39, 0.29) is 12.2 Å². The van der Waals surface area contributed by atoms with Crippen molar-refractivity contribution >= 4 is 23.1 Å². The van der Waals surface area contributed by atoms with Crippen molar-refractivity contribution in [2.45, 2.75) is 32.7 Å². The van der Waals surface area contributed by atoms with Crippen LogP contribution < -0.4 is 15.4 Å². The minimum absolute atomic E-state index is 0.132. The molecule has 3 rings (SSSR count). The first-order chi connectivity index (χ1) is 12.6. The zero-order valence-electron chi connectivity index (χ0n) is 15.5. The summed E-state index contributed by atoms with van der Waals surface area (Å²) in [6, 6.07) is 0. The third-order valence-electron chi connectivity index (χ3n) is 4.62. The fourth-order valence-corrected chi connectivity index (χ4v) is 3.29. The molecule has 0 amide bonds. The van der Waals surface area contributed by atoms with Crippen LogP contribution in [-0.2, 0) is 13.6 Å². The van der Waals surface area contributed by atoms with Gasteiger partial charge in [0.1, 0.15) is 0 Å². The van der Waals surface area contributed by atoms with Crippen molar-refractivity contribution in [1.82, 2.24) is 19.1 Å². The summed E-state index contributed by atoms with van der Waals surface area (Å²) in [6.45, 7) is 11.2. The number of hydrogen-bond acceptors (Lipinski definition) is 5. The van der Waals surface area contributed by atoms with E-state index >= 15 is 0 Å². The van der Waals surface area contributed by atoms with Gasteiger partial charge in [0.2, 0.25) is 11.9 Å². The van der Waals surface area contributed by atoms with Crippen molar-refractivity contribution in [3.8, 4) is 11.8 Å². The van der Waals surface area contributed by atoms with Gasteiger partial charge in [-0.2, -0.15) is 9.97 Å². The normalized spacial score (nSPS) is 14.0. The first-order valence-electron chi connectivity index (χ1n) is 8.74. The van der Waals surface area contributed by atoms with Crippen LogP contribution in [0.15, 0.2) is 4.79 Å². The van der Waals surface area contributed by atoms with E-state index in [9.17, 15) is 4.79 Å². The highest BCUT2D eigenvalue weighted by Crippen LogP contribution is 2.23. The number of piperidine rings is 1. The molecule has 0 radical (unpaired) electrons. The Morgan fingerprint density at radius 1 is 1.27 bits per heavy atom. The molecule has 0 atom stereocenters. The third kappa shape index (κ3) is 3.11. The van der Waals surface area contributed by atoms with E-state index in [0.29, 0.717) is 23.7 Å². The first kappa shape index (κ1) is 17.8. The predicted molar refractivity (Wildman–Crippen MR) is 102 cm³/mol. The number of hydrogen-bond donors (Lipinski definition) is 0. The van der Waals surface area contributed by atoms with Gasteiger partial charge in [0.05, 0.1) is 6.54 Å². The second-order valence-electron chi connectivity index (χ2n) is 6.42. The molecule has 3 heterocycles. The van der Waals surface area contributed by atoms with Crippen molar-refractivity contribution in [2.75, 3.05) is 36.6 Å². The van der Waals surface area contributed by atoms with Gasteiger partial charge in [0.15, 0.2) is 11.2 Å². The smallest absolute Gasteiger partial charge is 0.291 e. The Kier molecular flexibility index (Phi) is 5.13. The summed E-state index contributed by atoms with van der Waals surface area (Å²) in [5.74, 6) is 7.14. The maximum atomic E-state index is 13.0. The van der Waals surface area contributed by atoms with Gasteiger partial charge in [0, 0.05) is 27.2 Å². The van der Waals surface area contributed by atoms with Crippen molar-refractivity contribution in [1.29, 1.82) is 0 Å². The van der Waals surface area contributed by atoms with Gasteiger partial charge in [-0.1, -0.05) is 5.92 Å². The molecule has 0 unspecified atom stereocenters. The van der Waals surface area contributed by atoms with Crippen molar-refractivity contribution in [3.63, 3.8) is 0 Å². The largest absolute Gasteiger partial charge is 0.342 e. The van der Waals surface area contributed by atoms with E-state index in [1.165, 1.54) is 11.0 Å². The fourth-order valence-electron chi connectivity index (χ4n) is 3.29. The third-order valence-corrected chi connectivity index (χ3v) is 4.62. The Labute approximate surface area is 152 Å². The lowest BCUT2D eigenvalue weighted by atomic mass is 10.1. The molecule has 1 aliphatic heterocycles. The highest BCUT2D eigenvalue weighted by atomic mass is 16.1. The second kappa shape index (κ2) is 7.49. The molecule has 2 aromatic rings. The van der Waals surface area contributed by atoms with Crippen LogP contribution in [0.5, 0.6) is 0 Å². The number of anilines is 2. The molecule has 0 bridgehead atoms. The van der Waals surface area contributed by atoms with Crippen LogP contribution in [-0.4, -0.2) is 45.9 Å². The fraction of sp³-hybridized carbons (Fsp3) is 0.556. The van der Waals surface area contributed by atoms with E-state index in [1.807, 2.05) is 4.57 Å². The molecule has 0 spiro atoms. The molecule has 0 aromatic carbocycles. The van der Waals surface area contributed by atoms with Crippen LogP contribution in [0.1, 0.15) is 26.2 Å². The van der Waals surface area contributed by atoms with Crippen molar-refractivity contribution < 1.29 is 0 Å². The number of rotatable bonds is 4. The lowest BCUT2D eigenvalue weighted by molar-refractivity contribution is 0.561. The lowest BCUT2D eigenvalue weighted by Gasteiger charge is -2.27. The summed E-state index contributed by atoms with van der Waals surface area (Å²) in [5.41, 5.74) is 0.713.